The van der Waals surface area contributed by atoms with E-state index in [1.807, 2.05) is 20.8 Å². The fourth-order valence-corrected chi connectivity index (χ4v) is 3.00. The van der Waals surface area contributed by atoms with Crippen LogP contribution in [0.4, 0.5) is 4.79 Å². The summed E-state index contributed by atoms with van der Waals surface area (Å²) in [5.74, 6) is -0.219. The molecule has 122 valence electrons. The molecule has 0 aromatic rings. The second kappa shape index (κ2) is 7.47. The summed E-state index contributed by atoms with van der Waals surface area (Å²) < 4.78 is 10.3. The van der Waals surface area contributed by atoms with Crippen molar-refractivity contribution in [2.75, 3.05) is 25.5 Å². The summed E-state index contributed by atoms with van der Waals surface area (Å²) in [5.41, 5.74) is -1.10. The molecule has 1 saturated heterocycles. The fourth-order valence-electron chi connectivity index (χ4n) is 2.60. The molecule has 1 unspecified atom stereocenters. The Bertz CT molecular complexity index is 380. The molecule has 1 aliphatic heterocycles. The second-order valence-electron chi connectivity index (χ2n) is 6.57. The molecular weight excluding hydrogens is 338 g/mol. The molecule has 0 aromatic heterocycles. The number of hydrogen-bond donors (Lipinski definition) is 0. The van der Waals surface area contributed by atoms with Crippen LogP contribution in [0.15, 0.2) is 0 Å². The average Bonchev–Trinajstić information content (AvgIpc) is 2.82. The van der Waals surface area contributed by atoms with Gasteiger partial charge in [-0.25, -0.2) is 4.79 Å². The molecule has 0 aliphatic carbocycles. The van der Waals surface area contributed by atoms with Crippen LogP contribution >= 0.6 is 15.9 Å². The largest absolute Gasteiger partial charge is 0.469 e. The number of hydrogen-bond acceptors (Lipinski definition) is 4. The maximum absolute atomic E-state index is 12.2. The van der Waals surface area contributed by atoms with Gasteiger partial charge >= 0.3 is 12.1 Å². The summed E-state index contributed by atoms with van der Waals surface area (Å²) in [7, 11) is 1.41. The van der Waals surface area contributed by atoms with Crippen molar-refractivity contribution >= 4 is 28.0 Å². The number of carbonyl (C=O) groups is 2. The van der Waals surface area contributed by atoms with Crippen LogP contribution in [0.25, 0.3) is 0 Å². The van der Waals surface area contributed by atoms with Crippen molar-refractivity contribution in [3.8, 4) is 0 Å². The van der Waals surface area contributed by atoms with Gasteiger partial charge in [0.25, 0.3) is 0 Å². The summed E-state index contributed by atoms with van der Waals surface area (Å²) in [6, 6.07) is 0. The zero-order valence-corrected chi connectivity index (χ0v) is 15.0. The monoisotopic (exact) mass is 363 g/mol. The van der Waals surface area contributed by atoms with Crippen molar-refractivity contribution < 1.29 is 19.1 Å². The fraction of sp³-hybridized carbons (Fsp3) is 0.867. The van der Waals surface area contributed by atoms with E-state index in [0.717, 1.165) is 24.6 Å². The van der Waals surface area contributed by atoms with Crippen molar-refractivity contribution in [3.63, 3.8) is 0 Å². The van der Waals surface area contributed by atoms with E-state index in [2.05, 4.69) is 15.9 Å². The number of carbonyl (C=O) groups excluding carboxylic acids is 2. The first-order valence-electron chi connectivity index (χ1n) is 7.36. The van der Waals surface area contributed by atoms with E-state index in [0.29, 0.717) is 19.5 Å². The molecule has 0 spiro atoms. The maximum atomic E-state index is 12.2. The minimum absolute atomic E-state index is 0.219. The zero-order chi connectivity index (χ0) is 16.1. The van der Waals surface area contributed by atoms with Crippen LogP contribution < -0.4 is 0 Å². The lowest BCUT2D eigenvalue weighted by atomic mass is 9.82. The molecule has 0 saturated carbocycles. The number of likely N-dealkylation sites (tertiary alicyclic amines) is 1. The van der Waals surface area contributed by atoms with E-state index in [9.17, 15) is 9.59 Å². The Hall–Kier alpha value is -0.780. The Labute approximate surface area is 135 Å². The molecule has 21 heavy (non-hydrogen) atoms. The number of ether oxygens (including phenoxy) is 2. The molecular formula is C15H26BrNO4. The lowest BCUT2D eigenvalue weighted by Crippen LogP contribution is -2.40. The molecule has 1 heterocycles. The lowest BCUT2D eigenvalue weighted by molar-refractivity contribution is -0.152. The molecule has 5 nitrogen and oxygen atoms in total. The molecule has 0 radical (unpaired) electrons. The third-order valence-electron chi connectivity index (χ3n) is 3.66. The first kappa shape index (κ1) is 18.3. The highest BCUT2D eigenvalue weighted by Crippen LogP contribution is 2.37. The molecule has 0 N–H and O–H groups in total. The molecule has 1 rings (SSSR count). The van der Waals surface area contributed by atoms with Gasteiger partial charge in [-0.2, -0.15) is 0 Å². The normalized spacial score (nSPS) is 22.2. The van der Waals surface area contributed by atoms with E-state index in [1.54, 1.807) is 4.90 Å². The van der Waals surface area contributed by atoms with Crippen LogP contribution in [0.3, 0.4) is 0 Å². The summed E-state index contributed by atoms with van der Waals surface area (Å²) in [4.78, 5) is 25.9. The van der Waals surface area contributed by atoms with Gasteiger partial charge < -0.3 is 14.4 Å². The lowest BCUT2D eigenvalue weighted by Gasteiger charge is -2.28. The maximum Gasteiger partial charge on any atom is 0.410 e. The van der Waals surface area contributed by atoms with Gasteiger partial charge in [0.1, 0.15) is 5.60 Å². The molecule has 1 atom stereocenters. The smallest absolute Gasteiger partial charge is 0.410 e. The van der Waals surface area contributed by atoms with Crippen LogP contribution in [0, 0.1) is 5.41 Å². The number of unbranched alkanes of at least 4 members (excludes halogenated alkanes) is 1. The van der Waals surface area contributed by atoms with Crippen LogP contribution in [-0.4, -0.2) is 48.1 Å². The highest BCUT2D eigenvalue weighted by molar-refractivity contribution is 9.09. The van der Waals surface area contributed by atoms with Gasteiger partial charge in [0.15, 0.2) is 0 Å². The number of amides is 1. The molecule has 0 bridgehead atoms. The summed E-state index contributed by atoms with van der Waals surface area (Å²) in [5, 5.41) is 0.917. The van der Waals surface area contributed by atoms with Crippen LogP contribution in [-0.2, 0) is 14.3 Å². The number of alkyl halides is 1. The minimum atomic E-state index is -0.576. The standard InChI is InChI=1S/C15H26BrNO4/c1-14(2,3)21-13(19)17-10-8-15(11-17,12(18)20-4)7-5-6-9-16/h5-11H2,1-4H3. The molecule has 1 amide bonds. The van der Waals surface area contributed by atoms with Crippen molar-refractivity contribution in [2.24, 2.45) is 5.41 Å². The minimum Gasteiger partial charge on any atom is -0.469 e. The van der Waals surface area contributed by atoms with Crippen molar-refractivity contribution in [1.82, 2.24) is 4.90 Å². The van der Waals surface area contributed by atoms with E-state index >= 15 is 0 Å². The topological polar surface area (TPSA) is 55.8 Å². The number of rotatable bonds is 5. The van der Waals surface area contributed by atoms with Gasteiger partial charge in [0, 0.05) is 18.4 Å². The number of esters is 1. The van der Waals surface area contributed by atoms with Gasteiger partial charge in [0.2, 0.25) is 0 Å². The predicted octanol–water partition coefficient (Wildman–Crippen LogP) is 3.35. The Morgan fingerprint density at radius 2 is 1.95 bits per heavy atom. The van der Waals surface area contributed by atoms with Gasteiger partial charge in [0.05, 0.1) is 12.5 Å². The van der Waals surface area contributed by atoms with Gasteiger partial charge in [-0.15, -0.1) is 0 Å². The second-order valence-corrected chi connectivity index (χ2v) is 7.36. The average molecular weight is 364 g/mol. The third kappa shape index (κ3) is 5.16. The van der Waals surface area contributed by atoms with Crippen molar-refractivity contribution in [3.05, 3.63) is 0 Å². The number of methoxy groups -OCH3 is 1. The Balaban J connectivity index is 2.71. The van der Waals surface area contributed by atoms with Crippen LogP contribution in [0.5, 0.6) is 0 Å². The first-order chi connectivity index (χ1) is 9.74. The van der Waals surface area contributed by atoms with Gasteiger partial charge in [-0.05, 0) is 40.0 Å². The summed E-state index contributed by atoms with van der Waals surface area (Å²) in [6.45, 7) is 6.44. The Morgan fingerprint density at radius 3 is 2.48 bits per heavy atom. The molecule has 0 aromatic carbocycles. The molecule has 1 aliphatic rings. The van der Waals surface area contributed by atoms with E-state index in [1.165, 1.54) is 7.11 Å². The van der Waals surface area contributed by atoms with Crippen molar-refractivity contribution in [2.45, 2.75) is 52.1 Å². The molecule has 6 heteroatoms. The SMILES string of the molecule is COC(=O)C1(CCCCBr)CCN(C(=O)OC(C)(C)C)C1. The van der Waals surface area contributed by atoms with Crippen LogP contribution in [0.2, 0.25) is 0 Å². The van der Waals surface area contributed by atoms with Gasteiger partial charge in [-0.3, -0.25) is 4.79 Å². The summed E-state index contributed by atoms with van der Waals surface area (Å²) in [6.07, 6.45) is 2.97. The quantitative estimate of drug-likeness (QED) is 0.427. The van der Waals surface area contributed by atoms with E-state index in [4.69, 9.17) is 9.47 Å². The van der Waals surface area contributed by atoms with Gasteiger partial charge in [-0.1, -0.05) is 22.4 Å². The Kier molecular flexibility index (Phi) is 6.50. The van der Waals surface area contributed by atoms with E-state index in [-0.39, 0.29) is 12.1 Å². The predicted molar refractivity (Wildman–Crippen MR) is 84.5 cm³/mol. The zero-order valence-electron chi connectivity index (χ0n) is 13.4. The first-order valence-corrected chi connectivity index (χ1v) is 8.48. The van der Waals surface area contributed by atoms with Crippen molar-refractivity contribution in [1.29, 1.82) is 0 Å². The Morgan fingerprint density at radius 1 is 1.29 bits per heavy atom. The highest BCUT2D eigenvalue weighted by Gasteiger charge is 2.47. The van der Waals surface area contributed by atoms with E-state index < -0.39 is 11.0 Å². The number of halogens is 1. The highest BCUT2D eigenvalue weighted by atomic mass is 79.9. The summed E-state index contributed by atoms with van der Waals surface area (Å²) >= 11 is 3.40. The van der Waals surface area contributed by atoms with Crippen LogP contribution in [0.1, 0.15) is 46.5 Å². The third-order valence-corrected chi connectivity index (χ3v) is 4.22. The number of nitrogens with zero attached hydrogens (tertiary/aromatic N) is 1. The molecule has 1 fully saturated rings.